The van der Waals surface area contributed by atoms with Crippen LogP contribution in [0.3, 0.4) is 0 Å². The van der Waals surface area contributed by atoms with Crippen LogP contribution in [0.15, 0.2) is 78.9 Å². The number of benzene rings is 3. The molecule has 1 aliphatic rings. The van der Waals surface area contributed by atoms with Crippen molar-refractivity contribution in [3.63, 3.8) is 0 Å². The summed E-state index contributed by atoms with van der Waals surface area (Å²) in [6.07, 6.45) is 1.75. The van der Waals surface area contributed by atoms with Crippen LogP contribution >= 0.6 is 0 Å². The average molecular weight is 442 g/mol. The molecule has 0 spiro atoms. The minimum atomic E-state index is -0.241. The fourth-order valence-electron chi connectivity index (χ4n) is 4.47. The van der Waals surface area contributed by atoms with Gasteiger partial charge in [0.05, 0.1) is 6.54 Å². The van der Waals surface area contributed by atoms with Crippen LogP contribution in [0.5, 0.6) is 0 Å². The van der Waals surface area contributed by atoms with Crippen molar-refractivity contribution in [3.8, 4) is 0 Å². The molecule has 3 aromatic rings. The van der Waals surface area contributed by atoms with E-state index in [1.807, 2.05) is 84.6 Å². The standard InChI is InChI=1S/C28H31N3O2/c1-3-23-16-17-30(28(33)29-24-13-9-10-21(2)18-24)20-27(32)31(19-22-11-5-4-6-12-22)26-15-8-7-14-25(23)26/h4-15,18,23H,3,16-17,19-20H2,1-2H3,(H,29,33). The van der Waals surface area contributed by atoms with Crippen LogP contribution in [0.4, 0.5) is 16.2 Å². The Balaban J connectivity index is 1.65. The Morgan fingerprint density at radius 3 is 2.52 bits per heavy atom. The van der Waals surface area contributed by atoms with E-state index in [9.17, 15) is 9.59 Å². The molecule has 4 rings (SSSR count). The number of amides is 3. The number of hydrogen-bond donors (Lipinski definition) is 1. The second kappa shape index (κ2) is 10.3. The molecule has 170 valence electrons. The van der Waals surface area contributed by atoms with Crippen molar-refractivity contribution in [3.05, 3.63) is 95.6 Å². The maximum absolute atomic E-state index is 13.6. The van der Waals surface area contributed by atoms with Gasteiger partial charge in [0.15, 0.2) is 0 Å². The number of nitrogens with zero attached hydrogens (tertiary/aromatic N) is 2. The van der Waals surface area contributed by atoms with Gasteiger partial charge in [-0.15, -0.1) is 0 Å². The van der Waals surface area contributed by atoms with E-state index in [0.717, 1.165) is 35.3 Å². The number of fused-ring (bicyclic) bond motifs is 1. The van der Waals surface area contributed by atoms with Crippen LogP contribution in [-0.4, -0.2) is 29.9 Å². The Morgan fingerprint density at radius 1 is 1.00 bits per heavy atom. The molecule has 5 heteroatoms. The highest BCUT2D eigenvalue weighted by molar-refractivity contribution is 5.99. The molecule has 0 aliphatic carbocycles. The maximum atomic E-state index is 13.6. The van der Waals surface area contributed by atoms with Crippen LogP contribution < -0.4 is 10.2 Å². The number of carbonyl (C=O) groups is 2. The van der Waals surface area contributed by atoms with E-state index in [1.165, 1.54) is 5.56 Å². The summed E-state index contributed by atoms with van der Waals surface area (Å²) >= 11 is 0. The summed E-state index contributed by atoms with van der Waals surface area (Å²) in [5, 5.41) is 2.98. The molecule has 0 bridgehead atoms. The minimum Gasteiger partial charge on any atom is -0.315 e. The quantitative estimate of drug-likeness (QED) is 0.543. The largest absolute Gasteiger partial charge is 0.322 e. The highest BCUT2D eigenvalue weighted by Crippen LogP contribution is 2.34. The van der Waals surface area contributed by atoms with E-state index in [4.69, 9.17) is 0 Å². The molecular formula is C28H31N3O2. The van der Waals surface area contributed by atoms with Crippen molar-refractivity contribution < 1.29 is 9.59 Å². The molecule has 0 fully saturated rings. The molecule has 33 heavy (non-hydrogen) atoms. The molecule has 3 amide bonds. The van der Waals surface area contributed by atoms with Gasteiger partial charge in [-0.2, -0.15) is 0 Å². The Bertz CT molecular complexity index is 1110. The first-order valence-electron chi connectivity index (χ1n) is 11.6. The van der Waals surface area contributed by atoms with Gasteiger partial charge < -0.3 is 15.1 Å². The van der Waals surface area contributed by atoms with Gasteiger partial charge in [0.1, 0.15) is 6.54 Å². The van der Waals surface area contributed by atoms with Gasteiger partial charge >= 0.3 is 6.03 Å². The van der Waals surface area contributed by atoms with Crippen molar-refractivity contribution in [2.24, 2.45) is 0 Å². The third-order valence-corrected chi connectivity index (χ3v) is 6.27. The predicted octanol–water partition coefficient (Wildman–Crippen LogP) is 5.96. The Hall–Kier alpha value is -3.60. The summed E-state index contributed by atoms with van der Waals surface area (Å²) in [6.45, 7) is 5.19. The minimum absolute atomic E-state index is 0.0370. The van der Waals surface area contributed by atoms with Crippen molar-refractivity contribution >= 4 is 23.3 Å². The smallest absolute Gasteiger partial charge is 0.315 e. The number of anilines is 2. The molecule has 1 heterocycles. The number of aryl methyl sites for hydroxylation is 1. The number of urea groups is 1. The first-order valence-corrected chi connectivity index (χ1v) is 11.6. The number of carbonyl (C=O) groups excluding carboxylic acids is 2. The van der Waals surface area contributed by atoms with Gasteiger partial charge in [0.2, 0.25) is 5.91 Å². The number of para-hydroxylation sites is 1. The van der Waals surface area contributed by atoms with Crippen LogP contribution in [0, 0.1) is 6.92 Å². The van der Waals surface area contributed by atoms with Crippen LogP contribution in [0.2, 0.25) is 0 Å². The summed E-state index contributed by atoms with van der Waals surface area (Å²) in [5.74, 6) is 0.182. The second-order valence-electron chi connectivity index (χ2n) is 8.64. The summed E-state index contributed by atoms with van der Waals surface area (Å²) < 4.78 is 0. The zero-order valence-corrected chi connectivity index (χ0v) is 19.3. The molecule has 0 saturated heterocycles. The topological polar surface area (TPSA) is 52.7 Å². The highest BCUT2D eigenvalue weighted by Gasteiger charge is 2.28. The predicted molar refractivity (Wildman–Crippen MR) is 133 cm³/mol. The molecule has 1 atom stereocenters. The molecule has 0 saturated carbocycles. The average Bonchev–Trinajstić information content (AvgIpc) is 2.88. The van der Waals surface area contributed by atoms with Crippen LogP contribution in [0.25, 0.3) is 0 Å². The van der Waals surface area contributed by atoms with Crippen molar-refractivity contribution in [1.82, 2.24) is 4.90 Å². The van der Waals surface area contributed by atoms with E-state index in [1.54, 1.807) is 4.90 Å². The van der Waals surface area contributed by atoms with Crippen LogP contribution in [-0.2, 0) is 11.3 Å². The maximum Gasteiger partial charge on any atom is 0.322 e. The van der Waals surface area contributed by atoms with Gasteiger partial charge in [-0.3, -0.25) is 4.79 Å². The molecule has 3 aromatic carbocycles. The first kappa shape index (κ1) is 22.6. The van der Waals surface area contributed by atoms with Gasteiger partial charge in [-0.1, -0.05) is 67.6 Å². The van der Waals surface area contributed by atoms with Crippen molar-refractivity contribution in [2.45, 2.75) is 39.2 Å². The summed E-state index contributed by atoms with van der Waals surface area (Å²) in [7, 11) is 0. The lowest BCUT2D eigenvalue weighted by atomic mass is 9.91. The molecule has 5 nitrogen and oxygen atoms in total. The van der Waals surface area contributed by atoms with E-state index in [0.29, 0.717) is 13.1 Å². The Labute approximate surface area is 196 Å². The van der Waals surface area contributed by atoms with Gasteiger partial charge in [-0.25, -0.2) is 4.79 Å². The fourth-order valence-corrected chi connectivity index (χ4v) is 4.47. The van der Waals surface area contributed by atoms with Crippen molar-refractivity contribution in [2.75, 3.05) is 23.3 Å². The summed E-state index contributed by atoms with van der Waals surface area (Å²) in [4.78, 5) is 30.3. The van der Waals surface area contributed by atoms with Crippen LogP contribution in [0.1, 0.15) is 42.4 Å². The monoisotopic (exact) mass is 441 g/mol. The number of rotatable bonds is 4. The lowest BCUT2D eigenvalue weighted by Gasteiger charge is -2.28. The third-order valence-electron chi connectivity index (χ3n) is 6.27. The highest BCUT2D eigenvalue weighted by atomic mass is 16.2. The molecular weight excluding hydrogens is 410 g/mol. The number of hydrogen-bond acceptors (Lipinski definition) is 2. The Morgan fingerprint density at radius 2 is 1.76 bits per heavy atom. The van der Waals surface area contributed by atoms with E-state index >= 15 is 0 Å². The van der Waals surface area contributed by atoms with E-state index < -0.39 is 0 Å². The van der Waals surface area contributed by atoms with E-state index in [2.05, 4.69) is 18.3 Å². The summed E-state index contributed by atoms with van der Waals surface area (Å²) in [5.41, 5.74) is 4.99. The lowest BCUT2D eigenvalue weighted by Crippen LogP contribution is -2.44. The first-order chi connectivity index (χ1) is 16.0. The normalized spacial score (nSPS) is 16.4. The molecule has 0 aromatic heterocycles. The molecule has 1 aliphatic heterocycles. The zero-order valence-electron chi connectivity index (χ0n) is 19.3. The summed E-state index contributed by atoms with van der Waals surface area (Å²) in [6, 6.07) is 25.6. The third kappa shape index (κ3) is 5.43. The fraction of sp³-hybridized carbons (Fsp3) is 0.286. The number of nitrogens with one attached hydrogen (secondary N) is 1. The molecule has 0 radical (unpaired) electrons. The Kier molecular flexibility index (Phi) is 7.08. The van der Waals surface area contributed by atoms with Gasteiger partial charge in [0.25, 0.3) is 0 Å². The van der Waals surface area contributed by atoms with Crippen molar-refractivity contribution in [1.29, 1.82) is 0 Å². The van der Waals surface area contributed by atoms with Gasteiger partial charge in [-0.05, 0) is 60.6 Å². The van der Waals surface area contributed by atoms with Gasteiger partial charge in [0, 0.05) is 17.9 Å². The lowest BCUT2D eigenvalue weighted by molar-refractivity contribution is -0.119. The van der Waals surface area contributed by atoms with E-state index in [-0.39, 0.29) is 24.4 Å². The zero-order chi connectivity index (χ0) is 23.2. The second-order valence-corrected chi connectivity index (χ2v) is 8.64. The molecule has 1 N–H and O–H groups in total. The SMILES string of the molecule is CCC1CCN(C(=O)Nc2cccc(C)c2)CC(=O)N(Cc2ccccc2)c2ccccc21. The molecule has 1 unspecified atom stereocenters.